The van der Waals surface area contributed by atoms with Gasteiger partial charge >= 0.3 is 0 Å². The summed E-state index contributed by atoms with van der Waals surface area (Å²) in [5.41, 5.74) is 1.33. The summed E-state index contributed by atoms with van der Waals surface area (Å²) in [4.78, 5) is 7.29. The normalized spacial score (nSPS) is 25.1. The molecule has 0 aliphatic carbocycles. The van der Waals surface area contributed by atoms with E-state index in [1.165, 1.54) is 37.4 Å². The minimum Gasteiger partial charge on any atom is -0.396 e. The number of aliphatic hydroxyl groups excluding tert-OH is 1. The topological polar surface area (TPSA) is 41.3 Å². The van der Waals surface area contributed by atoms with Gasteiger partial charge in [0, 0.05) is 37.0 Å². The van der Waals surface area contributed by atoms with Gasteiger partial charge < -0.3 is 14.6 Å². The molecular weight excluding hydrogens is 250 g/mol. The first-order chi connectivity index (χ1) is 9.69. The van der Waals surface area contributed by atoms with Crippen LogP contribution in [-0.4, -0.2) is 45.3 Å². The molecule has 3 heterocycles. The Labute approximate surface area is 121 Å². The first-order valence-electron chi connectivity index (χ1n) is 8.08. The fourth-order valence-corrected chi connectivity index (χ4v) is 3.71. The molecule has 0 aromatic carbocycles. The van der Waals surface area contributed by atoms with Gasteiger partial charge in [0.1, 0.15) is 5.82 Å². The highest BCUT2D eigenvalue weighted by Gasteiger charge is 2.28. The van der Waals surface area contributed by atoms with Crippen molar-refractivity contribution in [2.45, 2.75) is 58.0 Å². The van der Waals surface area contributed by atoms with Crippen molar-refractivity contribution in [2.24, 2.45) is 5.92 Å². The molecule has 0 amide bonds. The van der Waals surface area contributed by atoms with E-state index in [4.69, 9.17) is 4.98 Å². The van der Waals surface area contributed by atoms with Crippen LogP contribution in [0, 0.1) is 5.92 Å². The Morgan fingerprint density at radius 3 is 2.65 bits per heavy atom. The number of aliphatic hydroxyl groups is 1. The summed E-state index contributed by atoms with van der Waals surface area (Å²) in [5, 5.41) is 9.32. The second kappa shape index (κ2) is 5.86. The molecule has 1 unspecified atom stereocenters. The molecule has 4 heteroatoms. The maximum absolute atomic E-state index is 9.32. The third-order valence-electron chi connectivity index (χ3n) is 5.11. The highest BCUT2D eigenvalue weighted by molar-refractivity contribution is 5.13. The lowest BCUT2D eigenvalue weighted by Gasteiger charge is -2.35. The lowest BCUT2D eigenvalue weighted by molar-refractivity contribution is 0.166. The summed E-state index contributed by atoms with van der Waals surface area (Å²) in [7, 11) is 0. The molecule has 1 aromatic rings. The Morgan fingerprint density at radius 2 is 2.00 bits per heavy atom. The minimum absolute atomic E-state index is 0.313. The first kappa shape index (κ1) is 14.1. The van der Waals surface area contributed by atoms with Gasteiger partial charge in [-0.1, -0.05) is 0 Å². The van der Waals surface area contributed by atoms with Crippen LogP contribution >= 0.6 is 0 Å². The molecule has 4 nitrogen and oxygen atoms in total. The largest absolute Gasteiger partial charge is 0.396 e. The number of aromatic nitrogens is 2. The molecule has 1 fully saturated rings. The SMILES string of the molecule is CC(C)N1CCC(c2ncc3n2CCC(CO)C3)CC1. The Morgan fingerprint density at radius 1 is 1.25 bits per heavy atom. The molecule has 1 saturated heterocycles. The van der Waals surface area contributed by atoms with Gasteiger partial charge in [-0.25, -0.2) is 4.98 Å². The van der Waals surface area contributed by atoms with Crippen molar-refractivity contribution in [3.63, 3.8) is 0 Å². The Balaban J connectivity index is 1.69. The molecular formula is C16H27N3O. The van der Waals surface area contributed by atoms with Crippen molar-refractivity contribution in [3.05, 3.63) is 17.7 Å². The van der Waals surface area contributed by atoms with Crippen LogP contribution in [0.4, 0.5) is 0 Å². The number of piperidine rings is 1. The molecule has 2 aliphatic heterocycles. The molecule has 3 rings (SSSR count). The summed E-state index contributed by atoms with van der Waals surface area (Å²) in [5.74, 6) is 2.37. The number of hydrogen-bond donors (Lipinski definition) is 1. The summed E-state index contributed by atoms with van der Waals surface area (Å²) in [6, 6.07) is 0.662. The molecule has 2 aliphatic rings. The van der Waals surface area contributed by atoms with Gasteiger partial charge in [0.05, 0.1) is 0 Å². The van der Waals surface area contributed by atoms with E-state index in [2.05, 4.69) is 23.3 Å². The van der Waals surface area contributed by atoms with Crippen LogP contribution in [0.15, 0.2) is 6.20 Å². The zero-order valence-electron chi connectivity index (χ0n) is 12.8. The number of nitrogens with zero attached hydrogens (tertiary/aromatic N) is 3. The van der Waals surface area contributed by atoms with Crippen LogP contribution in [0.25, 0.3) is 0 Å². The third kappa shape index (κ3) is 2.63. The Kier molecular flexibility index (Phi) is 4.13. The Hall–Kier alpha value is -0.870. The second-order valence-corrected chi connectivity index (χ2v) is 6.70. The van der Waals surface area contributed by atoms with E-state index in [-0.39, 0.29) is 0 Å². The number of imidazole rings is 1. The fraction of sp³-hybridized carbons (Fsp3) is 0.812. The maximum Gasteiger partial charge on any atom is 0.112 e. The highest BCUT2D eigenvalue weighted by atomic mass is 16.3. The van der Waals surface area contributed by atoms with Crippen LogP contribution in [0.3, 0.4) is 0 Å². The highest BCUT2D eigenvalue weighted by Crippen LogP contribution is 2.31. The first-order valence-corrected chi connectivity index (χ1v) is 8.08. The van der Waals surface area contributed by atoms with Crippen molar-refractivity contribution in [3.8, 4) is 0 Å². The average molecular weight is 277 g/mol. The second-order valence-electron chi connectivity index (χ2n) is 6.70. The summed E-state index contributed by atoms with van der Waals surface area (Å²) in [6.07, 6.45) is 6.61. The molecule has 0 spiro atoms. The average Bonchev–Trinajstić information content (AvgIpc) is 2.90. The van der Waals surface area contributed by atoms with Gasteiger partial charge in [0.2, 0.25) is 0 Å². The molecule has 20 heavy (non-hydrogen) atoms. The summed E-state index contributed by atoms with van der Waals surface area (Å²) in [6.45, 7) is 8.32. The zero-order chi connectivity index (χ0) is 14.1. The van der Waals surface area contributed by atoms with E-state index >= 15 is 0 Å². The van der Waals surface area contributed by atoms with Gasteiger partial charge in [-0.2, -0.15) is 0 Å². The van der Waals surface area contributed by atoms with E-state index in [0.717, 1.165) is 19.4 Å². The van der Waals surface area contributed by atoms with Gasteiger partial charge in [-0.15, -0.1) is 0 Å². The van der Waals surface area contributed by atoms with Gasteiger partial charge in [0.25, 0.3) is 0 Å². The van der Waals surface area contributed by atoms with Gasteiger partial charge in [-0.05, 0) is 58.5 Å². The maximum atomic E-state index is 9.32. The van der Waals surface area contributed by atoms with Crippen molar-refractivity contribution >= 4 is 0 Å². The van der Waals surface area contributed by atoms with Crippen LogP contribution in [0.1, 0.15) is 50.5 Å². The molecule has 1 aromatic heterocycles. The van der Waals surface area contributed by atoms with Crippen LogP contribution in [0.2, 0.25) is 0 Å². The van der Waals surface area contributed by atoms with Gasteiger partial charge in [0.15, 0.2) is 0 Å². The van der Waals surface area contributed by atoms with E-state index in [0.29, 0.717) is 24.5 Å². The summed E-state index contributed by atoms with van der Waals surface area (Å²) >= 11 is 0. The van der Waals surface area contributed by atoms with Gasteiger partial charge in [-0.3, -0.25) is 0 Å². The van der Waals surface area contributed by atoms with E-state index < -0.39 is 0 Å². The molecule has 1 atom stereocenters. The van der Waals surface area contributed by atoms with Crippen molar-refractivity contribution in [2.75, 3.05) is 19.7 Å². The predicted octanol–water partition coefficient (Wildman–Crippen LogP) is 2.03. The number of rotatable bonds is 3. The lowest BCUT2D eigenvalue weighted by atomic mass is 9.93. The fourth-order valence-electron chi connectivity index (χ4n) is 3.71. The molecule has 112 valence electrons. The molecule has 1 N–H and O–H groups in total. The smallest absolute Gasteiger partial charge is 0.112 e. The summed E-state index contributed by atoms with van der Waals surface area (Å²) < 4.78 is 2.43. The third-order valence-corrected chi connectivity index (χ3v) is 5.11. The predicted molar refractivity (Wildman–Crippen MR) is 79.8 cm³/mol. The van der Waals surface area contributed by atoms with Crippen LogP contribution in [-0.2, 0) is 13.0 Å². The lowest BCUT2D eigenvalue weighted by Crippen LogP contribution is -2.38. The molecule has 0 saturated carbocycles. The standard InChI is InChI=1S/C16H27N3O/c1-12(2)18-6-4-14(5-7-18)16-17-10-15-9-13(11-20)3-8-19(15)16/h10,12-14,20H,3-9,11H2,1-2H3. The molecule has 0 bridgehead atoms. The van der Waals surface area contributed by atoms with Crippen LogP contribution < -0.4 is 0 Å². The monoisotopic (exact) mass is 277 g/mol. The van der Waals surface area contributed by atoms with Crippen molar-refractivity contribution in [1.29, 1.82) is 0 Å². The van der Waals surface area contributed by atoms with Crippen molar-refractivity contribution in [1.82, 2.24) is 14.5 Å². The number of fused-ring (bicyclic) bond motifs is 1. The number of likely N-dealkylation sites (tertiary alicyclic amines) is 1. The molecule has 0 radical (unpaired) electrons. The van der Waals surface area contributed by atoms with E-state index in [9.17, 15) is 5.11 Å². The minimum atomic E-state index is 0.313. The zero-order valence-corrected chi connectivity index (χ0v) is 12.8. The van der Waals surface area contributed by atoms with Crippen molar-refractivity contribution < 1.29 is 5.11 Å². The van der Waals surface area contributed by atoms with Crippen LogP contribution in [0.5, 0.6) is 0 Å². The quantitative estimate of drug-likeness (QED) is 0.919. The Bertz CT molecular complexity index is 447. The van der Waals surface area contributed by atoms with E-state index in [1.807, 2.05) is 6.20 Å². The van der Waals surface area contributed by atoms with E-state index in [1.54, 1.807) is 0 Å². The number of hydrogen-bond acceptors (Lipinski definition) is 3.